The molecule has 1 amide bonds. The van der Waals surface area contributed by atoms with Crippen LogP contribution in [0.3, 0.4) is 0 Å². The van der Waals surface area contributed by atoms with E-state index in [0.717, 1.165) is 18.5 Å². The van der Waals surface area contributed by atoms with Crippen LogP contribution in [-0.4, -0.2) is 43.7 Å². The second kappa shape index (κ2) is 8.63. The van der Waals surface area contributed by atoms with E-state index in [1.807, 2.05) is 6.07 Å². The molecule has 0 unspecified atom stereocenters. The fraction of sp³-hybridized carbons (Fsp3) is 0.333. The Morgan fingerprint density at radius 1 is 1.16 bits per heavy atom. The van der Waals surface area contributed by atoms with Crippen molar-refractivity contribution < 1.29 is 9.18 Å². The fourth-order valence-corrected chi connectivity index (χ4v) is 4.61. The number of carbonyl (C=O) groups is 1. The molecular formula is C24H24FN5O2. The Morgan fingerprint density at radius 2 is 1.97 bits per heavy atom. The van der Waals surface area contributed by atoms with Gasteiger partial charge in [-0.3, -0.25) is 19.5 Å². The monoisotopic (exact) mass is 433 g/mol. The zero-order valence-electron chi connectivity index (χ0n) is 17.6. The third kappa shape index (κ3) is 3.93. The summed E-state index contributed by atoms with van der Waals surface area (Å²) in [4.78, 5) is 41.5. The van der Waals surface area contributed by atoms with Gasteiger partial charge in [0.05, 0.1) is 17.3 Å². The van der Waals surface area contributed by atoms with Crippen molar-refractivity contribution in [3.63, 3.8) is 0 Å². The molecule has 2 aromatic heterocycles. The summed E-state index contributed by atoms with van der Waals surface area (Å²) in [6.45, 7) is 2.20. The molecule has 1 fully saturated rings. The van der Waals surface area contributed by atoms with Crippen molar-refractivity contribution in [3.8, 4) is 0 Å². The Morgan fingerprint density at radius 3 is 2.78 bits per heavy atom. The number of aromatic nitrogens is 3. The maximum Gasteiger partial charge on any atom is 0.255 e. The van der Waals surface area contributed by atoms with Gasteiger partial charge in [0.1, 0.15) is 11.6 Å². The highest BCUT2D eigenvalue weighted by molar-refractivity contribution is 5.94. The number of likely N-dealkylation sites (tertiary alicyclic amines) is 1. The summed E-state index contributed by atoms with van der Waals surface area (Å²) in [6, 6.07) is 9.86. The van der Waals surface area contributed by atoms with Crippen molar-refractivity contribution in [2.75, 3.05) is 13.1 Å². The highest BCUT2D eigenvalue weighted by Gasteiger charge is 2.33. The van der Waals surface area contributed by atoms with Crippen molar-refractivity contribution in [2.24, 2.45) is 0 Å². The number of hydrogen-bond acceptors (Lipinski definition) is 5. The molecule has 32 heavy (non-hydrogen) atoms. The predicted octanol–water partition coefficient (Wildman–Crippen LogP) is 2.84. The van der Waals surface area contributed by atoms with Gasteiger partial charge in [0, 0.05) is 56.1 Å². The first-order valence-electron chi connectivity index (χ1n) is 10.9. The zero-order valence-corrected chi connectivity index (χ0v) is 17.6. The summed E-state index contributed by atoms with van der Waals surface area (Å²) in [5.74, 6) is 0.239. The second-order valence-electron chi connectivity index (χ2n) is 8.32. The molecule has 5 rings (SSSR count). The molecule has 1 saturated heterocycles. The summed E-state index contributed by atoms with van der Waals surface area (Å²) >= 11 is 0. The number of fused-ring (bicyclic) bond motifs is 1. The average molecular weight is 433 g/mol. The molecule has 0 radical (unpaired) electrons. The van der Waals surface area contributed by atoms with Crippen LogP contribution in [0, 0.1) is 5.82 Å². The number of aromatic amines is 1. The van der Waals surface area contributed by atoms with E-state index in [2.05, 4.69) is 14.9 Å². The van der Waals surface area contributed by atoms with Crippen molar-refractivity contribution in [1.82, 2.24) is 24.8 Å². The fourth-order valence-electron chi connectivity index (χ4n) is 4.61. The third-order valence-electron chi connectivity index (χ3n) is 6.27. The van der Waals surface area contributed by atoms with Crippen molar-refractivity contribution in [2.45, 2.75) is 38.4 Å². The summed E-state index contributed by atoms with van der Waals surface area (Å²) in [5, 5.41) is 0. The zero-order chi connectivity index (χ0) is 22.1. The largest absolute Gasteiger partial charge is 0.328 e. The van der Waals surface area contributed by atoms with Gasteiger partial charge >= 0.3 is 0 Å². The Hall–Kier alpha value is -3.39. The topological polar surface area (TPSA) is 82.2 Å². The van der Waals surface area contributed by atoms with Crippen molar-refractivity contribution in [3.05, 3.63) is 93.2 Å². The van der Waals surface area contributed by atoms with Gasteiger partial charge < -0.3 is 9.88 Å². The Kier molecular flexibility index (Phi) is 5.53. The van der Waals surface area contributed by atoms with Gasteiger partial charge in [0.15, 0.2) is 0 Å². The number of pyridine rings is 1. The number of nitrogens with zero attached hydrogens (tertiary/aromatic N) is 4. The number of hydrogen-bond donors (Lipinski definition) is 1. The Labute approximate surface area is 184 Å². The number of H-pyrrole nitrogens is 1. The molecule has 2 aliphatic rings. The lowest BCUT2D eigenvalue weighted by Gasteiger charge is -2.29. The highest BCUT2D eigenvalue weighted by Crippen LogP contribution is 2.31. The normalized spacial score (nSPS) is 18.5. The summed E-state index contributed by atoms with van der Waals surface area (Å²) < 4.78 is 14.0. The maximum atomic E-state index is 14.0. The molecule has 0 bridgehead atoms. The summed E-state index contributed by atoms with van der Waals surface area (Å²) in [7, 11) is 0. The molecular weight excluding hydrogens is 409 g/mol. The van der Waals surface area contributed by atoms with Crippen LogP contribution in [0.2, 0.25) is 0 Å². The number of benzene rings is 1. The van der Waals surface area contributed by atoms with Crippen LogP contribution in [0.4, 0.5) is 4.39 Å². The Bertz CT molecular complexity index is 1200. The van der Waals surface area contributed by atoms with Gasteiger partial charge in [-0.2, -0.15) is 0 Å². The molecule has 8 heteroatoms. The van der Waals surface area contributed by atoms with Gasteiger partial charge in [-0.1, -0.05) is 18.2 Å². The maximum absolute atomic E-state index is 14.0. The highest BCUT2D eigenvalue weighted by atomic mass is 19.1. The molecule has 2 aliphatic heterocycles. The quantitative estimate of drug-likeness (QED) is 0.684. The number of amides is 1. The first-order valence-corrected chi connectivity index (χ1v) is 10.9. The molecule has 3 aromatic rings. The molecule has 7 nitrogen and oxygen atoms in total. The van der Waals surface area contributed by atoms with Crippen LogP contribution < -0.4 is 5.56 Å². The van der Waals surface area contributed by atoms with E-state index < -0.39 is 0 Å². The van der Waals surface area contributed by atoms with Crippen LogP contribution in [0.15, 0.2) is 53.6 Å². The third-order valence-corrected chi connectivity index (χ3v) is 6.27. The first-order chi connectivity index (χ1) is 15.6. The van der Waals surface area contributed by atoms with Gasteiger partial charge in [-0.05, 0) is 31.0 Å². The van der Waals surface area contributed by atoms with E-state index in [0.29, 0.717) is 55.1 Å². The minimum atomic E-state index is -0.245. The number of halogens is 1. The van der Waals surface area contributed by atoms with Crippen LogP contribution >= 0.6 is 0 Å². The minimum Gasteiger partial charge on any atom is -0.328 e. The minimum absolute atomic E-state index is 0.0775. The molecule has 4 heterocycles. The van der Waals surface area contributed by atoms with Crippen LogP contribution in [0.1, 0.15) is 51.9 Å². The summed E-state index contributed by atoms with van der Waals surface area (Å²) in [6.07, 6.45) is 5.44. The van der Waals surface area contributed by atoms with Crippen molar-refractivity contribution in [1.29, 1.82) is 0 Å². The molecule has 1 atom stereocenters. The molecule has 0 saturated carbocycles. The van der Waals surface area contributed by atoms with Gasteiger partial charge in [0.25, 0.3) is 11.5 Å². The lowest BCUT2D eigenvalue weighted by Crippen LogP contribution is -2.38. The van der Waals surface area contributed by atoms with Crippen LogP contribution in [0.25, 0.3) is 0 Å². The second-order valence-corrected chi connectivity index (χ2v) is 8.32. The predicted molar refractivity (Wildman–Crippen MR) is 116 cm³/mol. The van der Waals surface area contributed by atoms with Gasteiger partial charge in [-0.25, -0.2) is 9.37 Å². The number of carbonyl (C=O) groups excluding carboxylic acids is 1. The van der Waals surface area contributed by atoms with Gasteiger partial charge in [0.2, 0.25) is 0 Å². The van der Waals surface area contributed by atoms with E-state index in [1.54, 1.807) is 41.6 Å². The number of nitrogens with one attached hydrogen (secondary N) is 1. The van der Waals surface area contributed by atoms with E-state index >= 15 is 0 Å². The van der Waals surface area contributed by atoms with E-state index in [4.69, 9.17) is 4.98 Å². The smallest absolute Gasteiger partial charge is 0.255 e. The molecule has 1 aromatic carbocycles. The van der Waals surface area contributed by atoms with Crippen LogP contribution in [0.5, 0.6) is 0 Å². The van der Waals surface area contributed by atoms with E-state index in [-0.39, 0.29) is 23.3 Å². The van der Waals surface area contributed by atoms with Crippen LogP contribution in [-0.2, 0) is 19.5 Å². The Balaban J connectivity index is 1.37. The molecule has 1 N–H and O–H groups in total. The summed E-state index contributed by atoms with van der Waals surface area (Å²) in [5.41, 5.74) is 2.42. The molecule has 164 valence electrons. The van der Waals surface area contributed by atoms with Crippen molar-refractivity contribution >= 4 is 5.91 Å². The molecule has 0 spiro atoms. The number of rotatable bonds is 4. The molecule has 0 aliphatic carbocycles. The lowest BCUT2D eigenvalue weighted by atomic mass is 10.0. The lowest BCUT2D eigenvalue weighted by molar-refractivity contribution is 0.0729. The van der Waals surface area contributed by atoms with Gasteiger partial charge in [-0.15, -0.1) is 0 Å². The first kappa shape index (κ1) is 20.5. The standard InChI is InChI=1S/C24H24FN5O2/c25-19-5-2-1-4-17(19)14-29-13-9-20-18(15-29)23(31)28-22(27-20)21-6-3-12-30(21)24(32)16-7-10-26-11-8-16/h1-2,4-5,7-8,10-11,21H,3,6,9,12-15H2,(H,27,28,31)/t21-/m1/s1. The van der Waals surface area contributed by atoms with E-state index in [1.165, 1.54) is 6.07 Å². The van der Waals surface area contributed by atoms with E-state index in [9.17, 15) is 14.0 Å². The average Bonchev–Trinajstić information content (AvgIpc) is 3.31. The SMILES string of the molecule is O=C(c1ccncc1)N1CCC[C@@H]1c1nc2c(c(=O)[nH]1)CN(Cc1ccccc1F)CC2.